The Bertz CT molecular complexity index is 1040. The number of amides is 1. The molecule has 0 spiro atoms. The number of unbranched alkanes of at least 4 members (excludes halogenated alkanes) is 6. The summed E-state index contributed by atoms with van der Waals surface area (Å²) in [6.45, 7) is 7.86. The molecule has 0 radical (unpaired) electrons. The monoisotopic (exact) mass is 587 g/mol. The van der Waals surface area contributed by atoms with E-state index < -0.39 is 60.3 Å². The summed E-state index contributed by atoms with van der Waals surface area (Å²) < 4.78 is 47.4. The molecule has 1 aliphatic rings. The summed E-state index contributed by atoms with van der Waals surface area (Å²) in [4.78, 5) is 53.3. The molecule has 2 rings (SSSR count). The number of carbonyl (C=O) groups is 3. The van der Waals surface area contributed by atoms with Crippen molar-refractivity contribution in [1.82, 2.24) is 9.55 Å². The SMILES string of the molecule is CCCCCOC(=O)Nc1nc(=O)n([C@@H]2O[C@H](C)[C@@H](OC(=O)OCCCCC)[C@H]2OC(=O)OCCCCC)cc1F. The zero-order chi connectivity index (χ0) is 30.2. The van der Waals surface area contributed by atoms with Crippen molar-refractivity contribution in [3.8, 4) is 0 Å². The first kappa shape index (κ1) is 33.8. The van der Waals surface area contributed by atoms with Crippen LogP contribution in [0.1, 0.15) is 91.7 Å². The highest BCUT2D eigenvalue weighted by atomic mass is 19.1. The minimum atomic E-state index is -1.43. The van der Waals surface area contributed by atoms with Crippen LogP contribution in [0.3, 0.4) is 0 Å². The van der Waals surface area contributed by atoms with E-state index in [-0.39, 0.29) is 19.8 Å². The highest BCUT2D eigenvalue weighted by molar-refractivity contribution is 5.83. The third-order valence-corrected chi connectivity index (χ3v) is 6.20. The topological polar surface area (TPSA) is 154 Å². The van der Waals surface area contributed by atoms with Gasteiger partial charge >= 0.3 is 24.1 Å². The predicted molar refractivity (Wildman–Crippen MR) is 144 cm³/mol. The van der Waals surface area contributed by atoms with Crippen LogP contribution in [0.15, 0.2) is 11.0 Å². The zero-order valence-electron chi connectivity index (χ0n) is 24.2. The fourth-order valence-corrected chi connectivity index (χ4v) is 3.99. The van der Waals surface area contributed by atoms with Gasteiger partial charge in [0, 0.05) is 0 Å². The Morgan fingerprint density at radius 1 is 0.878 bits per heavy atom. The molecule has 1 N–H and O–H groups in total. The maximum Gasteiger partial charge on any atom is 0.508 e. The first-order chi connectivity index (χ1) is 19.7. The van der Waals surface area contributed by atoms with E-state index in [1.165, 1.54) is 6.92 Å². The first-order valence-electron chi connectivity index (χ1n) is 14.3. The second kappa shape index (κ2) is 18.1. The van der Waals surface area contributed by atoms with E-state index in [2.05, 4.69) is 10.3 Å². The number of aromatic nitrogens is 2. The Hall–Kier alpha value is -3.42. The van der Waals surface area contributed by atoms with Crippen LogP contribution in [-0.4, -0.2) is 66.1 Å². The summed E-state index contributed by atoms with van der Waals surface area (Å²) in [5.74, 6) is -1.72. The normalized spacial score (nSPS) is 19.8. The van der Waals surface area contributed by atoms with E-state index in [9.17, 15) is 23.6 Å². The number of anilines is 1. The van der Waals surface area contributed by atoms with E-state index in [4.69, 9.17) is 28.4 Å². The average Bonchev–Trinajstić information content (AvgIpc) is 3.23. The van der Waals surface area contributed by atoms with E-state index in [0.29, 0.717) is 19.3 Å². The molecule has 0 unspecified atom stereocenters. The van der Waals surface area contributed by atoms with Gasteiger partial charge in [0.25, 0.3) is 0 Å². The predicted octanol–water partition coefficient (Wildman–Crippen LogP) is 5.46. The molecular weight excluding hydrogens is 545 g/mol. The molecule has 14 heteroatoms. The molecule has 13 nitrogen and oxygen atoms in total. The molecule has 232 valence electrons. The number of carbonyl (C=O) groups excluding carboxylic acids is 3. The second-order valence-corrected chi connectivity index (χ2v) is 9.60. The largest absolute Gasteiger partial charge is 0.508 e. The van der Waals surface area contributed by atoms with Gasteiger partial charge in [-0.25, -0.2) is 23.6 Å². The standard InChI is InChI=1S/C27H42FN3O10/c1-5-8-11-14-36-25(33)30-22-19(28)17-31(24(32)29-22)23-21(41-27(35)38-16-13-10-7-3)20(18(4)39-23)40-26(34)37-15-12-9-6-2/h17-18,20-21,23H,5-16H2,1-4H3,(H,29,30,32,33)/t18-,20-,21-,23-/m1/s1. The van der Waals surface area contributed by atoms with Gasteiger partial charge in [-0.3, -0.25) is 9.88 Å². The Morgan fingerprint density at radius 3 is 1.93 bits per heavy atom. The van der Waals surface area contributed by atoms with Crippen LogP contribution in [0.25, 0.3) is 0 Å². The third kappa shape index (κ3) is 11.2. The van der Waals surface area contributed by atoms with Gasteiger partial charge in [-0.05, 0) is 26.2 Å². The second-order valence-electron chi connectivity index (χ2n) is 9.60. The van der Waals surface area contributed by atoms with Gasteiger partial charge < -0.3 is 28.4 Å². The Balaban J connectivity index is 2.21. The summed E-state index contributed by atoms with van der Waals surface area (Å²) >= 11 is 0. The highest BCUT2D eigenvalue weighted by Gasteiger charge is 2.50. The molecule has 1 aromatic heterocycles. The Labute approximate surface area is 239 Å². The molecule has 1 aliphatic heterocycles. The van der Waals surface area contributed by atoms with Gasteiger partial charge in [-0.1, -0.05) is 59.3 Å². The van der Waals surface area contributed by atoms with Crippen molar-refractivity contribution in [2.75, 3.05) is 25.1 Å². The summed E-state index contributed by atoms with van der Waals surface area (Å²) in [6.07, 6.45) is -0.0693. The van der Waals surface area contributed by atoms with Crippen molar-refractivity contribution >= 4 is 24.2 Å². The molecule has 41 heavy (non-hydrogen) atoms. The van der Waals surface area contributed by atoms with Crippen molar-refractivity contribution in [3.63, 3.8) is 0 Å². The lowest BCUT2D eigenvalue weighted by Gasteiger charge is -2.24. The van der Waals surface area contributed by atoms with Crippen LogP contribution in [0.4, 0.5) is 24.6 Å². The summed E-state index contributed by atoms with van der Waals surface area (Å²) in [7, 11) is 0. The molecule has 0 saturated carbocycles. The van der Waals surface area contributed by atoms with Crippen molar-refractivity contribution in [3.05, 3.63) is 22.5 Å². The molecule has 0 aromatic carbocycles. The van der Waals surface area contributed by atoms with Crippen LogP contribution in [0.5, 0.6) is 0 Å². The Morgan fingerprint density at radius 2 is 1.39 bits per heavy atom. The number of nitrogens with one attached hydrogen (secondary N) is 1. The van der Waals surface area contributed by atoms with Gasteiger partial charge in [-0.15, -0.1) is 0 Å². The lowest BCUT2D eigenvalue weighted by Crippen LogP contribution is -2.41. The molecule has 2 heterocycles. The molecule has 1 saturated heterocycles. The van der Waals surface area contributed by atoms with Crippen LogP contribution < -0.4 is 11.0 Å². The van der Waals surface area contributed by atoms with Crippen LogP contribution in [0, 0.1) is 5.82 Å². The average molecular weight is 588 g/mol. The molecular formula is C27H42FN3O10. The minimum absolute atomic E-state index is 0.0938. The number of hydrogen-bond donors (Lipinski definition) is 1. The third-order valence-electron chi connectivity index (χ3n) is 6.20. The lowest BCUT2D eigenvalue weighted by atomic mass is 10.1. The van der Waals surface area contributed by atoms with Crippen LogP contribution in [-0.2, 0) is 28.4 Å². The van der Waals surface area contributed by atoms with Gasteiger partial charge in [0.2, 0.25) is 0 Å². The van der Waals surface area contributed by atoms with Gasteiger partial charge in [0.1, 0.15) is 0 Å². The van der Waals surface area contributed by atoms with E-state index in [1.807, 2.05) is 20.8 Å². The maximum absolute atomic E-state index is 14.9. The van der Waals surface area contributed by atoms with E-state index in [0.717, 1.165) is 49.3 Å². The summed E-state index contributed by atoms with van der Waals surface area (Å²) in [6, 6.07) is 0. The maximum atomic E-state index is 14.9. The Kier molecular flexibility index (Phi) is 14.9. The van der Waals surface area contributed by atoms with Crippen molar-refractivity contribution in [1.29, 1.82) is 0 Å². The van der Waals surface area contributed by atoms with Crippen molar-refractivity contribution in [2.24, 2.45) is 0 Å². The fraction of sp³-hybridized carbons (Fsp3) is 0.741. The number of nitrogens with zero attached hydrogens (tertiary/aromatic N) is 2. The molecule has 1 amide bonds. The van der Waals surface area contributed by atoms with E-state index >= 15 is 0 Å². The number of halogens is 1. The zero-order valence-corrected chi connectivity index (χ0v) is 24.2. The van der Waals surface area contributed by atoms with Gasteiger partial charge in [-0.2, -0.15) is 4.98 Å². The van der Waals surface area contributed by atoms with Crippen molar-refractivity contribution < 1.29 is 47.2 Å². The highest BCUT2D eigenvalue weighted by Crippen LogP contribution is 2.34. The fourth-order valence-electron chi connectivity index (χ4n) is 3.99. The summed E-state index contributed by atoms with van der Waals surface area (Å²) in [5.41, 5.74) is -1.03. The quantitative estimate of drug-likeness (QED) is 0.149. The van der Waals surface area contributed by atoms with Crippen molar-refractivity contribution in [2.45, 2.75) is 110 Å². The van der Waals surface area contributed by atoms with E-state index in [1.54, 1.807) is 0 Å². The smallest absolute Gasteiger partial charge is 0.449 e. The molecule has 1 fully saturated rings. The van der Waals surface area contributed by atoms with Gasteiger partial charge in [0.05, 0.1) is 32.1 Å². The number of rotatable bonds is 16. The van der Waals surface area contributed by atoms with Gasteiger partial charge in [0.15, 0.2) is 30.1 Å². The van der Waals surface area contributed by atoms with Crippen LogP contribution >= 0.6 is 0 Å². The number of ether oxygens (including phenoxy) is 6. The molecule has 0 bridgehead atoms. The minimum Gasteiger partial charge on any atom is -0.449 e. The molecule has 1 aromatic rings. The molecule has 4 atom stereocenters. The number of hydrogen-bond acceptors (Lipinski definition) is 11. The first-order valence-corrected chi connectivity index (χ1v) is 14.3. The molecule has 0 aliphatic carbocycles. The summed E-state index contributed by atoms with van der Waals surface area (Å²) in [5, 5.41) is 2.10. The van der Waals surface area contributed by atoms with Crippen LogP contribution in [0.2, 0.25) is 0 Å². The lowest BCUT2D eigenvalue weighted by molar-refractivity contribution is -0.0655.